The Balaban J connectivity index is 0.00000441. The van der Waals surface area contributed by atoms with E-state index in [-0.39, 0.29) is 19.0 Å². The largest absolute Gasteiger partial charge is 0.490 e. The minimum atomic E-state index is -0.559. The molecule has 0 fully saturated rings. The van der Waals surface area contributed by atoms with Crippen LogP contribution in [0.5, 0.6) is 11.5 Å². The first-order chi connectivity index (χ1) is 9.93. The highest BCUT2D eigenvalue weighted by atomic mass is 35.5. The first-order valence-electron chi connectivity index (χ1n) is 7.01. The van der Waals surface area contributed by atoms with Crippen LogP contribution in [0.2, 0.25) is 5.02 Å². The normalized spacial score (nSPS) is 10.2. The molecule has 1 amide bonds. The van der Waals surface area contributed by atoms with Crippen molar-refractivity contribution in [3.05, 3.63) is 22.7 Å². The first kappa shape index (κ1) is 20.8. The summed E-state index contributed by atoms with van der Waals surface area (Å²) in [5, 5.41) is 3.74. The number of carbonyl (C=O) groups is 1. The highest BCUT2D eigenvalue weighted by Crippen LogP contribution is 2.36. The van der Waals surface area contributed by atoms with Crippen LogP contribution in [0.3, 0.4) is 0 Å². The van der Waals surface area contributed by atoms with Crippen LogP contribution in [-0.2, 0) is 11.3 Å². The molecule has 1 aromatic rings. The summed E-state index contributed by atoms with van der Waals surface area (Å²) in [6.45, 7) is 8.01. The Hall–Kier alpha value is -1.17. The molecule has 0 unspecified atom stereocenters. The fourth-order valence-electron chi connectivity index (χ4n) is 1.77. The summed E-state index contributed by atoms with van der Waals surface area (Å²) in [5.74, 6) is 0.888. The Morgan fingerprint density at radius 3 is 2.59 bits per heavy atom. The molecule has 0 heterocycles. The van der Waals surface area contributed by atoms with Gasteiger partial charge in [0.2, 0.25) is 0 Å². The fourth-order valence-corrected chi connectivity index (χ4v) is 2.06. The quantitative estimate of drug-likeness (QED) is 0.718. The Bertz CT molecular complexity index is 482. The highest BCUT2D eigenvalue weighted by Gasteiger charge is 2.13. The van der Waals surface area contributed by atoms with Crippen LogP contribution < -0.4 is 20.5 Å². The van der Waals surface area contributed by atoms with E-state index in [1.807, 2.05) is 13.0 Å². The highest BCUT2D eigenvalue weighted by molar-refractivity contribution is 6.32. The lowest BCUT2D eigenvalue weighted by Gasteiger charge is -2.15. The van der Waals surface area contributed by atoms with Crippen molar-refractivity contribution in [3.8, 4) is 11.5 Å². The van der Waals surface area contributed by atoms with Gasteiger partial charge in [-0.15, -0.1) is 12.4 Å². The van der Waals surface area contributed by atoms with Crippen LogP contribution in [0.25, 0.3) is 0 Å². The molecule has 0 radical (unpaired) electrons. The van der Waals surface area contributed by atoms with Crippen LogP contribution >= 0.6 is 24.0 Å². The van der Waals surface area contributed by atoms with Crippen LogP contribution in [0.15, 0.2) is 12.1 Å². The second-order valence-corrected chi connectivity index (χ2v) is 5.52. The molecule has 3 N–H and O–H groups in total. The first-order valence-corrected chi connectivity index (χ1v) is 7.38. The molecule has 0 atom stereocenters. The van der Waals surface area contributed by atoms with Crippen LogP contribution in [0.4, 0.5) is 0 Å². The molecule has 0 saturated carbocycles. The predicted molar refractivity (Wildman–Crippen MR) is 91.1 cm³/mol. The third-order valence-corrected chi connectivity index (χ3v) is 2.89. The maximum Gasteiger partial charge on any atom is 0.255 e. The molecular formula is C15H24Cl2N2O3. The molecular weight excluding hydrogens is 327 g/mol. The van der Waals surface area contributed by atoms with Gasteiger partial charge in [0, 0.05) is 6.54 Å². The van der Waals surface area contributed by atoms with Gasteiger partial charge in [-0.05, 0) is 37.1 Å². The standard InChI is InChI=1S/C15H23ClN2O3.ClH/c1-4-20-13-6-11(8-18-7-10(2)3)5-12(16)15(13)21-9-14(17)19;/h5-6,10,18H,4,7-9H2,1-3H3,(H2,17,19);1H. The van der Waals surface area contributed by atoms with Gasteiger partial charge in [-0.3, -0.25) is 4.79 Å². The third kappa shape index (κ3) is 7.20. The zero-order valence-electron chi connectivity index (χ0n) is 13.1. The lowest BCUT2D eigenvalue weighted by atomic mass is 10.1. The number of nitrogens with two attached hydrogens (primary N) is 1. The van der Waals surface area contributed by atoms with Gasteiger partial charge in [-0.1, -0.05) is 25.4 Å². The van der Waals surface area contributed by atoms with E-state index in [0.29, 0.717) is 35.6 Å². The van der Waals surface area contributed by atoms with E-state index in [9.17, 15) is 4.79 Å². The van der Waals surface area contributed by atoms with E-state index in [4.69, 9.17) is 26.8 Å². The second kappa shape index (κ2) is 10.5. The van der Waals surface area contributed by atoms with Crippen LogP contribution in [0.1, 0.15) is 26.3 Å². The number of amides is 1. The molecule has 0 aliphatic carbocycles. The molecule has 22 heavy (non-hydrogen) atoms. The maximum atomic E-state index is 10.8. The summed E-state index contributed by atoms with van der Waals surface area (Å²) in [6, 6.07) is 3.66. The molecule has 0 aliphatic heterocycles. The summed E-state index contributed by atoms with van der Waals surface area (Å²) >= 11 is 6.21. The van der Waals surface area contributed by atoms with Gasteiger partial charge in [0.15, 0.2) is 18.1 Å². The Morgan fingerprint density at radius 2 is 2.05 bits per heavy atom. The lowest BCUT2D eigenvalue weighted by Crippen LogP contribution is -2.21. The molecule has 7 heteroatoms. The topological polar surface area (TPSA) is 73.6 Å². The number of benzene rings is 1. The van der Waals surface area contributed by atoms with Crippen molar-refractivity contribution in [1.29, 1.82) is 0 Å². The van der Waals surface area contributed by atoms with E-state index in [1.165, 1.54) is 0 Å². The number of carbonyl (C=O) groups excluding carboxylic acids is 1. The number of ether oxygens (including phenoxy) is 2. The Kier molecular flexibility index (Phi) is 9.98. The summed E-state index contributed by atoms with van der Waals surface area (Å²) in [6.07, 6.45) is 0. The molecule has 1 rings (SSSR count). The van der Waals surface area contributed by atoms with E-state index in [0.717, 1.165) is 12.1 Å². The number of nitrogens with one attached hydrogen (secondary N) is 1. The second-order valence-electron chi connectivity index (χ2n) is 5.12. The van der Waals surface area contributed by atoms with Crippen molar-refractivity contribution in [2.75, 3.05) is 19.8 Å². The molecule has 0 bridgehead atoms. The number of primary amides is 1. The number of hydrogen-bond donors (Lipinski definition) is 2. The van der Waals surface area contributed by atoms with Crippen molar-refractivity contribution in [1.82, 2.24) is 5.32 Å². The van der Waals surface area contributed by atoms with Crippen molar-refractivity contribution in [3.63, 3.8) is 0 Å². The maximum absolute atomic E-state index is 10.8. The van der Waals surface area contributed by atoms with Gasteiger partial charge >= 0.3 is 0 Å². The zero-order chi connectivity index (χ0) is 15.8. The molecule has 0 saturated heterocycles. The van der Waals surface area contributed by atoms with Crippen LogP contribution in [0, 0.1) is 5.92 Å². The molecule has 0 aliphatic rings. The number of halogens is 2. The smallest absolute Gasteiger partial charge is 0.255 e. The molecule has 5 nitrogen and oxygen atoms in total. The minimum absolute atomic E-state index is 0. The van der Waals surface area contributed by atoms with Gasteiger partial charge in [-0.25, -0.2) is 0 Å². The van der Waals surface area contributed by atoms with Crippen molar-refractivity contribution >= 4 is 29.9 Å². The average Bonchev–Trinajstić information content (AvgIpc) is 2.37. The average molecular weight is 351 g/mol. The van der Waals surface area contributed by atoms with Gasteiger partial charge in [0.1, 0.15) is 0 Å². The predicted octanol–water partition coefficient (Wildman–Crippen LogP) is 2.77. The van der Waals surface area contributed by atoms with Crippen molar-refractivity contribution in [2.45, 2.75) is 27.3 Å². The van der Waals surface area contributed by atoms with Gasteiger partial charge in [0.25, 0.3) is 5.91 Å². The van der Waals surface area contributed by atoms with Gasteiger partial charge in [0.05, 0.1) is 11.6 Å². The monoisotopic (exact) mass is 350 g/mol. The van der Waals surface area contributed by atoms with E-state index < -0.39 is 5.91 Å². The molecule has 0 spiro atoms. The van der Waals surface area contributed by atoms with Crippen molar-refractivity contribution in [2.24, 2.45) is 11.7 Å². The SMILES string of the molecule is CCOc1cc(CNCC(C)C)cc(Cl)c1OCC(N)=O.Cl. The van der Waals surface area contributed by atoms with E-state index >= 15 is 0 Å². The Labute approximate surface area is 142 Å². The summed E-state index contributed by atoms with van der Waals surface area (Å²) in [7, 11) is 0. The summed E-state index contributed by atoms with van der Waals surface area (Å²) < 4.78 is 10.9. The summed E-state index contributed by atoms with van der Waals surface area (Å²) in [5.41, 5.74) is 6.08. The fraction of sp³-hybridized carbons (Fsp3) is 0.533. The van der Waals surface area contributed by atoms with Crippen LogP contribution in [-0.4, -0.2) is 25.7 Å². The van der Waals surface area contributed by atoms with Crippen molar-refractivity contribution < 1.29 is 14.3 Å². The zero-order valence-corrected chi connectivity index (χ0v) is 14.7. The summed E-state index contributed by atoms with van der Waals surface area (Å²) in [4.78, 5) is 10.8. The molecule has 0 aromatic heterocycles. The minimum Gasteiger partial charge on any atom is -0.490 e. The Morgan fingerprint density at radius 1 is 1.36 bits per heavy atom. The van der Waals surface area contributed by atoms with Gasteiger partial charge < -0.3 is 20.5 Å². The molecule has 1 aromatic carbocycles. The number of rotatable bonds is 9. The van der Waals surface area contributed by atoms with Gasteiger partial charge in [-0.2, -0.15) is 0 Å². The van der Waals surface area contributed by atoms with E-state index in [1.54, 1.807) is 6.07 Å². The van der Waals surface area contributed by atoms with E-state index in [2.05, 4.69) is 19.2 Å². The lowest BCUT2D eigenvalue weighted by molar-refractivity contribution is -0.119. The molecule has 126 valence electrons. The third-order valence-electron chi connectivity index (χ3n) is 2.61. The number of hydrogen-bond acceptors (Lipinski definition) is 4.